The molecule has 0 rings (SSSR count). The van der Waals surface area contributed by atoms with E-state index in [9.17, 15) is 28.8 Å². The molecule has 0 aliphatic heterocycles. The summed E-state index contributed by atoms with van der Waals surface area (Å²) in [5.41, 5.74) is -6.40. The minimum atomic E-state index is -3.20. The van der Waals surface area contributed by atoms with Crippen LogP contribution in [-0.4, -0.2) is 56.2 Å². The summed E-state index contributed by atoms with van der Waals surface area (Å²) in [7, 11) is 0. The van der Waals surface area contributed by atoms with Crippen LogP contribution in [0.25, 0.3) is 0 Å². The summed E-state index contributed by atoms with van der Waals surface area (Å²) in [6.07, 6.45) is 0. The van der Waals surface area contributed by atoms with E-state index < -0.39 is 46.6 Å². The molecule has 0 aliphatic rings. The van der Waals surface area contributed by atoms with Crippen LogP contribution >= 0.6 is 0 Å². The van der Waals surface area contributed by atoms with Crippen LogP contribution in [0.15, 0.2) is 0 Å². The Morgan fingerprint density at radius 3 is 0.952 bits per heavy atom. The van der Waals surface area contributed by atoms with Crippen LogP contribution in [0.5, 0.6) is 0 Å². The molecule has 0 unspecified atom stereocenters. The summed E-state index contributed by atoms with van der Waals surface area (Å²) in [5, 5.41) is 34.7. The third kappa shape index (κ3) is 2.80. The van der Waals surface area contributed by atoms with Crippen LogP contribution in [0.3, 0.4) is 0 Å². The Hall–Kier alpha value is -2.98. The average molecular weight is 306 g/mol. The highest BCUT2D eigenvalue weighted by molar-refractivity contribution is 6.22. The maximum atomic E-state index is 11.5. The van der Waals surface area contributed by atoms with Crippen molar-refractivity contribution in [2.45, 2.75) is 13.8 Å². The Kier molecular flexibility index (Phi) is 4.77. The number of rotatable bonds is 6. The normalized spacial score (nSPS) is 11.3. The van der Waals surface area contributed by atoms with E-state index in [0.717, 1.165) is 0 Å². The van der Waals surface area contributed by atoms with Gasteiger partial charge in [0.05, 0.1) is 0 Å². The minimum absolute atomic E-state index is 0.395. The fourth-order valence-electron chi connectivity index (χ4n) is 0.821. The molecular weight excluding hydrogens is 296 g/mol. The number of hydrogen-bond acceptors (Lipinski definition) is 7. The van der Waals surface area contributed by atoms with Crippen molar-refractivity contribution in [1.29, 1.82) is 0 Å². The molecule has 0 radical (unpaired) electrons. The highest BCUT2D eigenvalue weighted by Crippen LogP contribution is 2.24. The van der Waals surface area contributed by atoms with Crippen LogP contribution in [-0.2, 0) is 33.5 Å². The summed E-state index contributed by atoms with van der Waals surface area (Å²) in [5.74, 6) is -13.0. The number of carbonyl (C=O) groups excluding carboxylic acids is 2. The molecule has 0 fully saturated rings. The van der Waals surface area contributed by atoms with Gasteiger partial charge < -0.3 is 25.2 Å². The number of carbonyl (C=O) groups is 6. The molecule has 0 heterocycles. The van der Waals surface area contributed by atoms with E-state index in [0.29, 0.717) is 13.8 Å². The Bertz CT molecular complexity index is 467. The maximum Gasteiger partial charge on any atom is 0.342 e. The molecule has 4 N–H and O–H groups in total. The predicted molar refractivity (Wildman–Crippen MR) is 57.9 cm³/mol. The first kappa shape index (κ1) is 18.0. The van der Waals surface area contributed by atoms with E-state index >= 15 is 0 Å². The fraction of sp³-hybridized carbons (Fsp3) is 0.400. The number of aliphatic carboxylic acids is 4. The first-order valence-electron chi connectivity index (χ1n) is 5.03. The standard InChI is InChI=1S/C10H10O11/c1-9(3(11)12,4(13)14)7(19)21-8(20)10(2,5(15)16)6(17)18/h1-2H3,(H,11,12)(H,13,14)(H,15,16)(H,17,18). The van der Waals surface area contributed by atoms with Gasteiger partial charge in [0, 0.05) is 0 Å². The summed E-state index contributed by atoms with van der Waals surface area (Å²) in [6, 6.07) is 0. The molecule has 11 heteroatoms. The molecule has 0 spiro atoms. The number of carboxylic acids is 4. The smallest absolute Gasteiger partial charge is 0.342 e. The lowest BCUT2D eigenvalue weighted by molar-refractivity contribution is -0.186. The molecule has 0 saturated carbocycles. The van der Waals surface area contributed by atoms with Crippen molar-refractivity contribution in [1.82, 2.24) is 0 Å². The van der Waals surface area contributed by atoms with Crippen molar-refractivity contribution >= 4 is 35.8 Å². The fourth-order valence-corrected chi connectivity index (χ4v) is 0.821. The van der Waals surface area contributed by atoms with E-state index in [4.69, 9.17) is 20.4 Å². The third-order valence-electron chi connectivity index (χ3n) is 2.71. The van der Waals surface area contributed by atoms with E-state index in [-0.39, 0.29) is 0 Å². The second-order valence-corrected chi connectivity index (χ2v) is 4.15. The molecule has 0 aromatic carbocycles. The van der Waals surface area contributed by atoms with Crippen LogP contribution in [0, 0.1) is 10.8 Å². The Labute approximate surface area is 115 Å². The summed E-state index contributed by atoms with van der Waals surface area (Å²) >= 11 is 0. The van der Waals surface area contributed by atoms with Gasteiger partial charge in [-0.15, -0.1) is 0 Å². The van der Waals surface area contributed by atoms with Gasteiger partial charge >= 0.3 is 35.8 Å². The SMILES string of the molecule is CC(C(=O)O)(C(=O)O)C(=O)OC(=O)C(C)(C(=O)O)C(=O)O. The summed E-state index contributed by atoms with van der Waals surface area (Å²) in [4.78, 5) is 66.0. The van der Waals surface area contributed by atoms with Crippen molar-refractivity contribution in [3.63, 3.8) is 0 Å². The molecule has 21 heavy (non-hydrogen) atoms. The quantitative estimate of drug-likeness (QED) is 0.326. The van der Waals surface area contributed by atoms with Crippen LogP contribution in [0.1, 0.15) is 13.8 Å². The Morgan fingerprint density at radius 1 is 0.619 bits per heavy atom. The van der Waals surface area contributed by atoms with E-state index in [1.807, 2.05) is 0 Å². The second kappa shape index (κ2) is 5.56. The summed E-state index contributed by atoms with van der Waals surface area (Å²) in [6.45, 7) is 0.790. The molecule has 0 aromatic rings. The zero-order chi connectivity index (χ0) is 17.2. The van der Waals surface area contributed by atoms with Gasteiger partial charge in [0.2, 0.25) is 0 Å². The van der Waals surface area contributed by atoms with Crippen molar-refractivity contribution in [3.8, 4) is 0 Å². The van der Waals surface area contributed by atoms with E-state index in [2.05, 4.69) is 4.74 Å². The molecule has 11 nitrogen and oxygen atoms in total. The first-order valence-corrected chi connectivity index (χ1v) is 5.03. The highest BCUT2D eigenvalue weighted by Gasteiger charge is 2.56. The van der Waals surface area contributed by atoms with Gasteiger partial charge in [-0.25, -0.2) is 9.59 Å². The van der Waals surface area contributed by atoms with Crippen molar-refractivity contribution in [3.05, 3.63) is 0 Å². The van der Waals surface area contributed by atoms with Crippen LogP contribution in [0.4, 0.5) is 0 Å². The van der Waals surface area contributed by atoms with Crippen LogP contribution in [0.2, 0.25) is 0 Å². The Morgan fingerprint density at radius 2 is 0.810 bits per heavy atom. The number of hydrogen-bond donors (Lipinski definition) is 4. The van der Waals surface area contributed by atoms with E-state index in [1.54, 1.807) is 0 Å². The van der Waals surface area contributed by atoms with Crippen molar-refractivity contribution < 1.29 is 53.9 Å². The zero-order valence-corrected chi connectivity index (χ0v) is 10.6. The molecule has 0 aliphatic carbocycles. The lowest BCUT2D eigenvalue weighted by Gasteiger charge is -2.21. The maximum absolute atomic E-state index is 11.5. The third-order valence-corrected chi connectivity index (χ3v) is 2.71. The number of esters is 2. The average Bonchev–Trinajstić information content (AvgIpc) is 2.34. The number of ether oxygens (including phenoxy) is 1. The molecule has 116 valence electrons. The lowest BCUT2D eigenvalue weighted by Crippen LogP contribution is -2.50. The molecular formula is C10H10O11. The van der Waals surface area contributed by atoms with E-state index in [1.165, 1.54) is 0 Å². The van der Waals surface area contributed by atoms with Gasteiger partial charge in [-0.1, -0.05) is 0 Å². The monoisotopic (exact) mass is 306 g/mol. The molecule has 0 amide bonds. The molecule has 0 bridgehead atoms. The summed E-state index contributed by atoms with van der Waals surface area (Å²) < 4.78 is 3.82. The van der Waals surface area contributed by atoms with Gasteiger partial charge in [0.25, 0.3) is 10.8 Å². The predicted octanol–water partition coefficient (Wildman–Crippen LogP) is -1.59. The van der Waals surface area contributed by atoms with Gasteiger partial charge in [-0.3, -0.25) is 19.2 Å². The van der Waals surface area contributed by atoms with Crippen LogP contribution < -0.4 is 0 Å². The van der Waals surface area contributed by atoms with Gasteiger partial charge in [-0.2, -0.15) is 0 Å². The van der Waals surface area contributed by atoms with Crippen molar-refractivity contribution in [2.24, 2.45) is 10.8 Å². The minimum Gasteiger partial charge on any atom is -0.480 e. The molecule has 0 atom stereocenters. The Balaban J connectivity index is 5.58. The van der Waals surface area contributed by atoms with Gasteiger partial charge in [-0.05, 0) is 13.8 Å². The second-order valence-electron chi connectivity index (χ2n) is 4.15. The molecule has 0 aromatic heterocycles. The highest BCUT2D eigenvalue weighted by atomic mass is 16.6. The zero-order valence-electron chi connectivity index (χ0n) is 10.6. The largest absolute Gasteiger partial charge is 0.480 e. The molecule has 0 saturated heterocycles. The number of carboxylic acid groups (broad SMARTS) is 4. The topological polar surface area (TPSA) is 193 Å². The lowest BCUT2D eigenvalue weighted by atomic mass is 9.89. The van der Waals surface area contributed by atoms with Gasteiger partial charge in [0.15, 0.2) is 0 Å². The first-order chi connectivity index (χ1) is 9.32. The van der Waals surface area contributed by atoms with Gasteiger partial charge in [0.1, 0.15) is 0 Å². The van der Waals surface area contributed by atoms with Crippen molar-refractivity contribution in [2.75, 3.05) is 0 Å².